The fourth-order valence-corrected chi connectivity index (χ4v) is 2.60. The summed E-state index contributed by atoms with van der Waals surface area (Å²) in [5.74, 6) is -0.0411. The van der Waals surface area contributed by atoms with Gasteiger partial charge in [0.2, 0.25) is 0 Å². The number of nitrogens with one attached hydrogen (secondary N) is 3. The number of pyridine rings is 1. The third kappa shape index (κ3) is 3.21. The molecule has 1 aliphatic rings. The monoisotopic (exact) mass is 302 g/mol. The number of hydrogen-bond donors (Lipinski definition) is 3. The molecule has 0 bridgehead atoms. The summed E-state index contributed by atoms with van der Waals surface area (Å²) in [5, 5.41) is 3.66. The molecule has 1 aliphatic heterocycles. The summed E-state index contributed by atoms with van der Waals surface area (Å²) in [6.45, 7) is 0.721. The van der Waals surface area contributed by atoms with Gasteiger partial charge in [0.25, 0.3) is 5.91 Å². The molecule has 0 saturated carbocycles. The SMILES string of the molecule is O=C(NC1NNCC1c1cccc(Cl)c1)c1cccnc1. The molecule has 3 rings (SSSR count). The highest BCUT2D eigenvalue weighted by atomic mass is 35.5. The fraction of sp³-hybridized carbons (Fsp3) is 0.200. The van der Waals surface area contributed by atoms with Crippen LogP contribution in [0.1, 0.15) is 21.8 Å². The third-order valence-corrected chi connectivity index (χ3v) is 3.70. The van der Waals surface area contributed by atoms with Crippen LogP contribution in [0.25, 0.3) is 0 Å². The highest BCUT2D eigenvalue weighted by molar-refractivity contribution is 6.30. The number of rotatable bonds is 3. The predicted molar refractivity (Wildman–Crippen MR) is 80.8 cm³/mol. The van der Waals surface area contributed by atoms with E-state index in [1.54, 1.807) is 24.5 Å². The van der Waals surface area contributed by atoms with Gasteiger partial charge in [-0.3, -0.25) is 15.2 Å². The van der Waals surface area contributed by atoms with E-state index in [0.29, 0.717) is 10.6 Å². The second-order valence-corrected chi connectivity index (χ2v) is 5.32. The Morgan fingerprint density at radius 1 is 1.33 bits per heavy atom. The number of amides is 1. The van der Waals surface area contributed by atoms with Crippen molar-refractivity contribution in [2.75, 3.05) is 6.54 Å². The van der Waals surface area contributed by atoms with E-state index in [0.717, 1.165) is 12.1 Å². The Hall–Kier alpha value is -1.95. The van der Waals surface area contributed by atoms with Gasteiger partial charge in [0.15, 0.2) is 0 Å². The summed E-state index contributed by atoms with van der Waals surface area (Å²) >= 11 is 6.04. The van der Waals surface area contributed by atoms with E-state index >= 15 is 0 Å². The minimum Gasteiger partial charge on any atom is -0.335 e. The molecule has 2 unspecified atom stereocenters. The molecule has 2 atom stereocenters. The van der Waals surface area contributed by atoms with Crippen LogP contribution in [0.5, 0.6) is 0 Å². The van der Waals surface area contributed by atoms with Crippen LogP contribution in [0.2, 0.25) is 5.02 Å². The van der Waals surface area contributed by atoms with Gasteiger partial charge in [0.1, 0.15) is 6.17 Å². The first-order chi connectivity index (χ1) is 10.2. The highest BCUT2D eigenvalue weighted by Crippen LogP contribution is 2.23. The number of benzene rings is 1. The van der Waals surface area contributed by atoms with Crippen LogP contribution in [-0.2, 0) is 0 Å². The van der Waals surface area contributed by atoms with Crippen LogP contribution in [0.3, 0.4) is 0 Å². The minimum absolute atomic E-state index is 0.115. The zero-order valence-corrected chi connectivity index (χ0v) is 12.0. The number of hydrogen-bond acceptors (Lipinski definition) is 4. The highest BCUT2D eigenvalue weighted by Gasteiger charge is 2.29. The molecule has 3 N–H and O–H groups in total. The Kier molecular flexibility index (Phi) is 4.15. The van der Waals surface area contributed by atoms with E-state index < -0.39 is 0 Å². The summed E-state index contributed by atoms with van der Waals surface area (Å²) in [4.78, 5) is 16.2. The van der Waals surface area contributed by atoms with Crippen LogP contribution in [0.4, 0.5) is 0 Å². The second-order valence-electron chi connectivity index (χ2n) is 4.88. The Morgan fingerprint density at radius 2 is 2.24 bits per heavy atom. The molecule has 2 heterocycles. The van der Waals surface area contributed by atoms with Crippen molar-refractivity contribution in [3.8, 4) is 0 Å². The van der Waals surface area contributed by atoms with Gasteiger partial charge in [-0.25, -0.2) is 5.43 Å². The van der Waals surface area contributed by atoms with Crippen molar-refractivity contribution in [1.82, 2.24) is 21.2 Å². The average Bonchev–Trinajstić information content (AvgIpc) is 2.96. The van der Waals surface area contributed by atoms with E-state index in [1.807, 2.05) is 24.3 Å². The summed E-state index contributed by atoms with van der Waals surface area (Å²) in [5.41, 5.74) is 7.77. The van der Waals surface area contributed by atoms with Gasteiger partial charge < -0.3 is 5.32 Å². The maximum Gasteiger partial charge on any atom is 0.254 e. The Morgan fingerprint density at radius 3 is 3.00 bits per heavy atom. The molecule has 0 aliphatic carbocycles. The van der Waals surface area contributed by atoms with Crippen LogP contribution in [0, 0.1) is 0 Å². The number of halogens is 1. The molecular weight excluding hydrogens is 288 g/mol. The number of nitrogens with zero attached hydrogens (tertiary/aromatic N) is 1. The van der Waals surface area contributed by atoms with Gasteiger partial charge in [0, 0.05) is 29.9 Å². The fourth-order valence-electron chi connectivity index (χ4n) is 2.40. The molecule has 1 fully saturated rings. The minimum atomic E-state index is -0.198. The molecule has 5 nitrogen and oxygen atoms in total. The van der Waals surface area contributed by atoms with Crippen molar-refractivity contribution in [2.45, 2.75) is 12.1 Å². The lowest BCUT2D eigenvalue weighted by atomic mass is 9.97. The first-order valence-electron chi connectivity index (χ1n) is 6.69. The standard InChI is InChI=1S/C15H15ClN4O/c16-12-5-1-3-10(7-12)13-9-18-20-14(13)19-15(21)11-4-2-6-17-8-11/h1-8,13-14,18,20H,9H2,(H,19,21). The first kappa shape index (κ1) is 14.0. The number of aromatic nitrogens is 1. The molecular formula is C15H15ClN4O. The maximum absolute atomic E-state index is 12.2. The molecule has 108 valence electrons. The van der Waals surface area contributed by atoms with Crippen molar-refractivity contribution in [2.24, 2.45) is 0 Å². The first-order valence-corrected chi connectivity index (χ1v) is 7.06. The molecule has 0 spiro atoms. The van der Waals surface area contributed by atoms with E-state index in [-0.39, 0.29) is 18.0 Å². The van der Waals surface area contributed by atoms with Crippen LogP contribution in [0.15, 0.2) is 48.8 Å². The zero-order valence-electron chi connectivity index (χ0n) is 11.2. The topological polar surface area (TPSA) is 66.1 Å². The van der Waals surface area contributed by atoms with E-state index in [2.05, 4.69) is 21.2 Å². The van der Waals surface area contributed by atoms with Crippen molar-refractivity contribution in [3.05, 3.63) is 64.9 Å². The molecule has 1 amide bonds. The molecule has 1 saturated heterocycles. The van der Waals surface area contributed by atoms with E-state index in [1.165, 1.54) is 0 Å². The number of carbonyl (C=O) groups is 1. The molecule has 0 radical (unpaired) electrons. The molecule has 6 heteroatoms. The normalized spacial score (nSPS) is 21.2. The average molecular weight is 303 g/mol. The van der Waals surface area contributed by atoms with Gasteiger partial charge >= 0.3 is 0 Å². The summed E-state index contributed by atoms with van der Waals surface area (Å²) in [6, 6.07) is 11.2. The van der Waals surface area contributed by atoms with Crippen molar-refractivity contribution in [3.63, 3.8) is 0 Å². The number of carbonyl (C=O) groups excluding carboxylic acids is 1. The number of hydrazine groups is 1. The molecule has 21 heavy (non-hydrogen) atoms. The van der Waals surface area contributed by atoms with Crippen LogP contribution < -0.4 is 16.2 Å². The Balaban J connectivity index is 1.74. The van der Waals surface area contributed by atoms with E-state index in [9.17, 15) is 4.79 Å². The Labute approximate surface area is 127 Å². The lowest BCUT2D eigenvalue weighted by Gasteiger charge is -2.20. The summed E-state index contributed by atoms with van der Waals surface area (Å²) in [7, 11) is 0. The lowest BCUT2D eigenvalue weighted by Crippen LogP contribution is -2.46. The van der Waals surface area contributed by atoms with E-state index in [4.69, 9.17) is 11.6 Å². The Bertz CT molecular complexity index is 635. The van der Waals surface area contributed by atoms with Crippen molar-refractivity contribution in [1.29, 1.82) is 0 Å². The second kappa shape index (κ2) is 6.22. The van der Waals surface area contributed by atoms with Gasteiger partial charge in [-0.2, -0.15) is 0 Å². The smallest absolute Gasteiger partial charge is 0.254 e. The van der Waals surface area contributed by atoms with Gasteiger partial charge in [0.05, 0.1) is 5.56 Å². The largest absolute Gasteiger partial charge is 0.335 e. The summed E-state index contributed by atoms with van der Waals surface area (Å²) < 4.78 is 0. The van der Waals surface area contributed by atoms with Crippen LogP contribution in [-0.4, -0.2) is 23.6 Å². The quantitative estimate of drug-likeness (QED) is 0.807. The molecule has 1 aromatic heterocycles. The van der Waals surface area contributed by atoms with Gasteiger partial charge in [-0.15, -0.1) is 0 Å². The zero-order chi connectivity index (χ0) is 14.7. The summed E-state index contributed by atoms with van der Waals surface area (Å²) in [6.07, 6.45) is 2.99. The maximum atomic E-state index is 12.2. The lowest BCUT2D eigenvalue weighted by molar-refractivity contribution is 0.0928. The van der Waals surface area contributed by atoms with Crippen LogP contribution >= 0.6 is 11.6 Å². The third-order valence-electron chi connectivity index (χ3n) is 3.47. The predicted octanol–water partition coefficient (Wildman–Crippen LogP) is 1.68. The van der Waals surface area contributed by atoms with Gasteiger partial charge in [-0.1, -0.05) is 23.7 Å². The molecule has 2 aromatic rings. The molecule has 1 aromatic carbocycles. The van der Waals surface area contributed by atoms with Crippen molar-refractivity contribution < 1.29 is 4.79 Å². The van der Waals surface area contributed by atoms with Gasteiger partial charge in [-0.05, 0) is 29.8 Å². The van der Waals surface area contributed by atoms with Crippen molar-refractivity contribution >= 4 is 17.5 Å².